The lowest BCUT2D eigenvalue weighted by Crippen LogP contribution is -2.46. The lowest BCUT2D eigenvalue weighted by Gasteiger charge is -2.35. The van der Waals surface area contributed by atoms with Crippen molar-refractivity contribution in [3.63, 3.8) is 0 Å². The van der Waals surface area contributed by atoms with Crippen LogP contribution in [0.4, 0.5) is 17.6 Å². The van der Waals surface area contributed by atoms with E-state index in [2.05, 4.69) is 5.32 Å². The second kappa shape index (κ2) is 7.99. The van der Waals surface area contributed by atoms with Crippen molar-refractivity contribution in [1.82, 2.24) is 10.2 Å². The number of methoxy groups -OCH3 is 1. The normalized spacial score (nSPS) is 17.7. The lowest BCUT2D eigenvalue weighted by molar-refractivity contribution is -0.148. The Hall–Kier alpha value is -1.05. The summed E-state index contributed by atoms with van der Waals surface area (Å²) < 4.78 is 56.9. The highest BCUT2D eigenvalue weighted by molar-refractivity contribution is 5.85. The van der Waals surface area contributed by atoms with Crippen LogP contribution in [0.1, 0.15) is 18.0 Å². The predicted molar refractivity (Wildman–Crippen MR) is 78.1 cm³/mol. The first-order valence-corrected chi connectivity index (χ1v) is 6.75. The van der Waals surface area contributed by atoms with Gasteiger partial charge in [0.15, 0.2) is 11.6 Å². The lowest BCUT2D eigenvalue weighted by atomic mass is 10.0. The average molecular weight is 343 g/mol. The van der Waals surface area contributed by atoms with Crippen molar-refractivity contribution in [2.24, 2.45) is 0 Å². The second-order valence-electron chi connectivity index (χ2n) is 5.02. The zero-order valence-corrected chi connectivity index (χ0v) is 12.9. The number of piperazine rings is 1. The smallest absolute Gasteiger partial charge is 0.390 e. The van der Waals surface area contributed by atoms with Crippen molar-refractivity contribution in [3.8, 4) is 5.75 Å². The molecule has 0 aromatic heterocycles. The van der Waals surface area contributed by atoms with E-state index in [-0.39, 0.29) is 18.2 Å². The van der Waals surface area contributed by atoms with E-state index in [1.54, 1.807) is 4.90 Å². The van der Waals surface area contributed by atoms with Gasteiger partial charge in [0.25, 0.3) is 0 Å². The zero-order valence-electron chi connectivity index (χ0n) is 12.1. The van der Waals surface area contributed by atoms with Crippen LogP contribution in [0.5, 0.6) is 5.75 Å². The van der Waals surface area contributed by atoms with Crippen LogP contribution >= 0.6 is 12.4 Å². The molecule has 1 heterocycles. The average Bonchev–Trinajstić information content (AvgIpc) is 2.45. The molecule has 0 saturated carbocycles. The third kappa shape index (κ3) is 5.00. The van der Waals surface area contributed by atoms with Gasteiger partial charge < -0.3 is 10.1 Å². The van der Waals surface area contributed by atoms with E-state index in [1.807, 2.05) is 0 Å². The largest absolute Gasteiger partial charge is 0.494 e. The van der Waals surface area contributed by atoms with Gasteiger partial charge in [-0.05, 0) is 17.7 Å². The number of nitrogens with one attached hydrogen (secondary N) is 1. The van der Waals surface area contributed by atoms with E-state index >= 15 is 0 Å². The Bertz CT molecular complexity index is 478. The summed E-state index contributed by atoms with van der Waals surface area (Å²) in [5.41, 5.74) is 0.424. The minimum Gasteiger partial charge on any atom is -0.494 e. The predicted octanol–water partition coefficient (Wildman–Crippen LogP) is 3.15. The number of hydrogen-bond donors (Lipinski definition) is 1. The fraction of sp³-hybridized carbons (Fsp3) is 0.571. The van der Waals surface area contributed by atoms with Crippen LogP contribution in [0.3, 0.4) is 0 Å². The maximum atomic E-state index is 13.4. The molecule has 1 fully saturated rings. The number of halogens is 5. The summed E-state index contributed by atoms with van der Waals surface area (Å²) in [7, 11) is 1.30. The van der Waals surface area contributed by atoms with Crippen LogP contribution in [-0.4, -0.2) is 44.4 Å². The van der Waals surface area contributed by atoms with Crippen molar-refractivity contribution in [1.29, 1.82) is 0 Å². The summed E-state index contributed by atoms with van der Waals surface area (Å²) in [4.78, 5) is 1.77. The summed E-state index contributed by atoms with van der Waals surface area (Å²) in [6, 6.07) is 3.09. The Morgan fingerprint density at radius 1 is 1.27 bits per heavy atom. The summed E-state index contributed by atoms with van der Waals surface area (Å²) in [5, 5.41) is 3.11. The highest BCUT2D eigenvalue weighted by atomic mass is 35.5. The second-order valence-corrected chi connectivity index (χ2v) is 5.02. The summed E-state index contributed by atoms with van der Waals surface area (Å²) in [5.74, 6) is -0.609. The van der Waals surface area contributed by atoms with E-state index in [9.17, 15) is 17.6 Å². The number of benzene rings is 1. The van der Waals surface area contributed by atoms with Gasteiger partial charge in [0.05, 0.1) is 13.5 Å². The van der Waals surface area contributed by atoms with E-state index in [0.717, 1.165) is 6.07 Å². The molecule has 1 aromatic rings. The molecule has 1 aliphatic rings. The molecule has 126 valence electrons. The Morgan fingerprint density at radius 3 is 2.45 bits per heavy atom. The van der Waals surface area contributed by atoms with Crippen molar-refractivity contribution in [3.05, 3.63) is 29.6 Å². The van der Waals surface area contributed by atoms with Gasteiger partial charge in [0.2, 0.25) is 0 Å². The van der Waals surface area contributed by atoms with Crippen LogP contribution in [0.15, 0.2) is 18.2 Å². The Morgan fingerprint density at radius 2 is 1.91 bits per heavy atom. The monoisotopic (exact) mass is 342 g/mol. The molecule has 0 bridgehead atoms. The van der Waals surface area contributed by atoms with Crippen molar-refractivity contribution >= 4 is 12.4 Å². The SMILES string of the molecule is COc1cc([C@@H](CC(F)(F)F)N2CCNCC2)ccc1F.Cl. The molecule has 22 heavy (non-hydrogen) atoms. The van der Waals surface area contributed by atoms with E-state index in [1.165, 1.54) is 19.2 Å². The maximum Gasteiger partial charge on any atom is 0.390 e. The molecule has 1 N–H and O–H groups in total. The molecule has 2 rings (SSSR count). The highest BCUT2D eigenvalue weighted by Gasteiger charge is 2.36. The van der Waals surface area contributed by atoms with Gasteiger partial charge in [-0.25, -0.2) is 4.39 Å². The van der Waals surface area contributed by atoms with Crippen LogP contribution in [-0.2, 0) is 0 Å². The van der Waals surface area contributed by atoms with Crippen molar-refractivity contribution in [2.45, 2.75) is 18.6 Å². The molecule has 1 aromatic carbocycles. The van der Waals surface area contributed by atoms with Gasteiger partial charge in [-0.1, -0.05) is 6.07 Å². The van der Waals surface area contributed by atoms with Crippen LogP contribution < -0.4 is 10.1 Å². The minimum atomic E-state index is -4.28. The first kappa shape index (κ1) is 19.0. The summed E-state index contributed by atoms with van der Waals surface area (Å²) in [6.07, 6.45) is -5.24. The fourth-order valence-electron chi connectivity index (χ4n) is 2.55. The van der Waals surface area contributed by atoms with Gasteiger partial charge in [-0.2, -0.15) is 13.2 Å². The first-order chi connectivity index (χ1) is 9.90. The standard InChI is InChI=1S/C14H18F4N2O.ClH/c1-21-13-8-10(2-3-11(13)15)12(9-14(16,17)18)20-6-4-19-5-7-20;/h2-3,8,12,19H,4-7,9H2,1H3;1H/t12-;/m1./s1. The molecule has 1 atom stereocenters. The van der Waals surface area contributed by atoms with E-state index < -0.39 is 24.5 Å². The number of rotatable bonds is 4. The topological polar surface area (TPSA) is 24.5 Å². The fourth-order valence-corrected chi connectivity index (χ4v) is 2.55. The maximum absolute atomic E-state index is 13.4. The van der Waals surface area contributed by atoms with Crippen LogP contribution in [0, 0.1) is 5.82 Å². The number of nitrogens with zero attached hydrogens (tertiary/aromatic N) is 1. The third-order valence-corrected chi connectivity index (χ3v) is 3.58. The zero-order chi connectivity index (χ0) is 15.5. The van der Waals surface area contributed by atoms with E-state index in [4.69, 9.17) is 4.74 Å². The molecular weight excluding hydrogens is 324 g/mol. The van der Waals surface area contributed by atoms with Crippen LogP contribution in [0.2, 0.25) is 0 Å². The Balaban J connectivity index is 0.00000242. The Kier molecular flexibility index (Phi) is 6.90. The van der Waals surface area contributed by atoms with Gasteiger partial charge in [0.1, 0.15) is 0 Å². The molecule has 0 radical (unpaired) electrons. The number of alkyl halides is 3. The van der Waals surface area contributed by atoms with Crippen molar-refractivity contribution < 1.29 is 22.3 Å². The molecule has 1 aliphatic heterocycles. The first-order valence-electron chi connectivity index (χ1n) is 6.75. The summed E-state index contributed by atoms with van der Waals surface area (Å²) >= 11 is 0. The molecular formula is C14H19ClF4N2O. The number of hydrogen-bond acceptors (Lipinski definition) is 3. The molecule has 0 unspecified atom stereocenters. The molecule has 0 spiro atoms. The summed E-state index contributed by atoms with van der Waals surface area (Å²) in [6.45, 7) is 2.35. The van der Waals surface area contributed by atoms with E-state index in [0.29, 0.717) is 31.7 Å². The Labute approximate surface area is 133 Å². The number of ether oxygens (including phenoxy) is 1. The third-order valence-electron chi connectivity index (χ3n) is 3.58. The van der Waals surface area contributed by atoms with Crippen LogP contribution in [0.25, 0.3) is 0 Å². The molecule has 8 heteroatoms. The highest BCUT2D eigenvalue weighted by Crippen LogP contribution is 2.35. The van der Waals surface area contributed by atoms with Gasteiger partial charge in [0, 0.05) is 32.2 Å². The molecule has 3 nitrogen and oxygen atoms in total. The molecule has 1 saturated heterocycles. The van der Waals surface area contributed by atoms with Crippen molar-refractivity contribution in [2.75, 3.05) is 33.3 Å². The molecule has 0 aliphatic carbocycles. The van der Waals surface area contributed by atoms with Gasteiger partial charge >= 0.3 is 6.18 Å². The van der Waals surface area contributed by atoms with Gasteiger partial charge in [-0.3, -0.25) is 4.90 Å². The van der Waals surface area contributed by atoms with Gasteiger partial charge in [-0.15, -0.1) is 12.4 Å². The quantitative estimate of drug-likeness (QED) is 0.851. The molecule has 0 amide bonds. The minimum absolute atomic E-state index is 0.